The monoisotopic (exact) mass is 370 g/mol. The van der Waals surface area contributed by atoms with Crippen LogP contribution in [0.3, 0.4) is 0 Å². The van der Waals surface area contributed by atoms with Crippen LogP contribution in [0.5, 0.6) is 0 Å². The lowest BCUT2D eigenvalue weighted by Gasteiger charge is -2.54. The predicted octanol–water partition coefficient (Wildman–Crippen LogP) is 3.77. The lowest BCUT2D eigenvalue weighted by Crippen LogP contribution is -2.61. The number of carbonyl (C=O) groups excluding carboxylic acids is 1. The first-order chi connectivity index (χ1) is 13.1. The molecule has 4 rings (SSSR count). The Hall–Kier alpha value is -1.85. The fraction of sp³-hybridized carbons (Fsp3) is 0.591. The maximum Gasteiger partial charge on any atom is 0.340 e. The van der Waals surface area contributed by atoms with Gasteiger partial charge in [-0.05, 0) is 52.1 Å². The van der Waals surface area contributed by atoms with Crippen LogP contribution >= 0.6 is 0 Å². The van der Waals surface area contributed by atoms with Gasteiger partial charge in [-0.25, -0.2) is 4.79 Å². The van der Waals surface area contributed by atoms with E-state index < -0.39 is 0 Å². The summed E-state index contributed by atoms with van der Waals surface area (Å²) in [5.74, 6) is -0.248. The molecule has 1 saturated carbocycles. The van der Waals surface area contributed by atoms with Gasteiger partial charge >= 0.3 is 5.97 Å². The van der Waals surface area contributed by atoms with Gasteiger partial charge in [0.05, 0.1) is 31.9 Å². The number of fused-ring (bicyclic) bond motifs is 1. The Kier molecular flexibility index (Phi) is 4.99. The van der Waals surface area contributed by atoms with Gasteiger partial charge in [0.25, 0.3) is 0 Å². The molecular formula is C22H30N2O3. The number of ether oxygens (including phenoxy) is 2. The molecule has 1 aliphatic heterocycles. The van der Waals surface area contributed by atoms with Gasteiger partial charge in [-0.1, -0.05) is 18.2 Å². The zero-order chi connectivity index (χ0) is 19.0. The maximum atomic E-state index is 12.3. The molecule has 146 valence electrons. The Bertz CT molecular complexity index is 833. The highest BCUT2D eigenvalue weighted by atomic mass is 16.5. The highest BCUT2D eigenvalue weighted by Crippen LogP contribution is 2.43. The minimum absolute atomic E-state index is 0.248. The predicted molar refractivity (Wildman–Crippen MR) is 106 cm³/mol. The summed E-state index contributed by atoms with van der Waals surface area (Å²) in [7, 11) is 3.73. The van der Waals surface area contributed by atoms with Gasteiger partial charge in [-0.2, -0.15) is 0 Å². The Balaban J connectivity index is 1.52. The van der Waals surface area contributed by atoms with Crippen molar-refractivity contribution in [3.63, 3.8) is 0 Å². The standard InChI is InChI=1S/C22H30N2O3/c1-16-20(21(25)26-3)18-8-4-5-9-19(18)24(16)13-7-12-22(10-6-11-22)23(2)17-14-27-15-17/h4-5,8-9,17H,6-7,10-15H2,1-3H3. The largest absolute Gasteiger partial charge is 0.465 e. The molecule has 0 unspecified atom stereocenters. The summed E-state index contributed by atoms with van der Waals surface area (Å²) in [6, 6.07) is 8.73. The summed E-state index contributed by atoms with van der Waals surface area (Å²) in [6.07, 6.45) is 6.21. The summed E-state index contributed by atoms with van der Waals surface area (Å²) in [6.45, 7) is 4.72. The van der Waals surface area contributed by atoms with Gasteiger partial charge in [-0.15, -0.1) is 0 Å². The summed E-state index contributed by atoms with van der Waals surface area (Å²) in [4.78, 5) is 14.9. The summed E-state index contributed by atoms with van der Waals surface area (Å²) in [5, 5.41) is 0.990. The number of hydrogen-bond donors (Lipinski definition) is 0. The third-order valence-electron chi connectivity index (χ3n) is 6.84. The average molecular weight is 370 g/mol. The summed E-state index contributed by atoms with van der Waals surface area (Å²) < 4.78 is 12.7. The van der Waals surface area contributed by atoms with E-state index in [0.29, 0.717) is 17.1 Å². The molecule has 1 aromatic heterocycles. The van der Waals surface area contributed by atoms with E-state index in [4.69, 9.17) is 9.47 Å². The third-order valence-corrected chi connectivity index (χ3v) is 6.84. The topological polar surface area (TPSA) is 43.7 Å². The number of benzene rings is 1. The van der Waals surface area contributed by atoms with Crippen molar-refractivity contribution in [1.29, 1.82) is 0 Å². The number of carbonyl (C=O) groups is 1. The van der Waals surface area contributed by atoms with E-state index in [9.17, 15) is 4.79 Å². The number of nitrogens with zero attached hydrogens (tertiary/aromatic N) is 2. The first-order valence-electron chi connectivity index (χ1n) is 10.0. The number of aryl methyl sites for hydroxylation is 1. The molecule has 2 aliphatic rings. The normalized spacial score (nSPS) is 19.1. The van der Waals surface area contributed by atoms with Gasteiger partial charge in [-0.3, -0.25) is 4.90 Å². The molecule has 1 saturated heterocycles. The average Bonchev–Trinajstić information content (AvgIpc) is 2.87. The van der Waals surface area contributed by atoms with Crippen LogP contribution in [0.15, 0.2) is 24.3 Å². The second-order valence-corrected chi connectivity index (χ2v) is 8.10. The minimum atomic E-state index is -0.248. The lowest BCUT2D eigenvalue weighted by molar-refractivity contribution is -0.115. The van der Waals surface area contributed by atoms with Gasteiger partial charge in [0.2, 0.25) is 0 Å². The number of aromatic nitrogens is 1. The van der Waals surface area contributed by atoms with Crippen molar-refractivity contribution < 1.29 is 14.3 Å². The van der Waals surface area contributed by atoms with Crippen molar-refractivity contribution in [2.24, 2.45) is 0 Å². The molecule has 2 aromatic rings. The van der Waals surface area contributed by atoms with E-state index in [0.717, 1.165) is 42.8 Å². The van der Waals surface area contributed by atoms with Crippen molar-refractivity contribution >= 4 is 16.9 Å². The van der Waals surface area contributed by atoms with Crippen LogP contribution in [-0.2, 0) is 16.0 Å². The van der Waals surface area contributed by atoms with Gasteiger partial charge < -0.3 is 14.0 Å². The molecule has 0 bridgehead atoms. The molecule has 1 aliphatic carbocycles. The van der Waals surface area contributed by atoms with Crippen molar-refractivity contribution in [1.82, 2.24) is 9.47 Å². The highest BCUT2D eigenvalue weighted by Gasteiger charge is 2.44. The molecule has 2 fully saturated rings. The molecular weight excluding hydrogens is 340 g/mol. The Morgan fingerprint density at radius 1 is 1.33 bits per heavy atom. The van der Waals surface area contributed by atoms with Crippen LogP contribution in [0, 0.1) is 6.92 Å². The molecule has 0 N–H and O–H groups in total. The van der Waals surface area contributed by atoms with Crippen LogP contribution in [0.1, 0.15) is 48.2 Å². The van der Waals surface area contributed by atoms with Crippen LogP contribution in [0.2, 0.25) is 0 Å². The van der Waals surface area contributed by atoms with Gasteiger partial charge in [0.15, 0.2) is 0 Å². The van der Waals surface area contributed by atoms with E-state index in [1.54, 1.807) is 0 Å². The molecule has 5 nitrogen and oxygen atoms in total. The van der Waals surface area contributed by atoms with Crippen LogP contribution in [-0.4, -0.2) is 54.4 Å². The molecule has 27 heavy (non-hydrogen) atoms. The molecule has 0 spiro atoms. The third kappa shape index (κ3) is 3.07. The molecule has 2 heterocycles. The van der Waals surface area contributed by atoms with Crippen molar-refractivity contribution in [2.75, 3.05) is 27.4 Å². The van der Waals surface area contributed by atoms with Crippen molar-refractivity contribution in [3.8, 4) is 0 Å². The van der Waals surface area contributed by atoms with Gasteiger partial charge in [0, 0.05) is 28.7 Å². The quantitative estimate of drug-likeness (QED) is 0.696. The zero-order valence-electron chi connectivity index (χ0n) is 16.7. The smallest absolute Gasteiger partial charge is 0.340 e. The first-order valence-corrected chi connectivity index (χ1v) is 10.0. The lowest BCUT2D eigenvalue weighted by atomic mass is 9.71. The molecule has 0 atom stereocenters. The Morgan fingerprint density at radius 3 is 2.67 bits per heavy atom. The summed E-state index contributed by atoms with van der Waals surface area (Å²) >= 11 is 0. The number of esters is 1. The van der Waals surface area contributed by atoms with E-state index in [2.05, 4.69) is 22.6 Å². The molecule has 1 aromatic carbocycles. The van der Waals surface area contributed by atoms with Crippen LogP contribution in [0.25, 0.3) is 10.9 Å². The summed E-state index contributed by atoms with van der Waals surface area (Å²) in [5.41, 5.74) is 3.18. The molecule has 0 radical (unpaired) electrons. The fourth-order valence-corrected chi connectivity index (χ4v) is 4.84. The zero-order valence-corrected chi connectivity index (χ0v) is 16.7. The number of methoxy groups -OCH3 is 1. The van der Waals surface area contributed by atoms with E-state index in [1.165, 1.54) is 32.8 Å². The number of para-hydroxylation sites is 1. The number of likely N-dealkylation sites (N-methyl/N-ethyl adjacent to an activating group) is 1. The van der Waals surface area contributed by atoms with Gasteiger partial charge in [0.1, 0.15) is 0 Å². The molecule has 5 heteroatoms. The number of hydrogen-bond acceptors (Lipinski definition) is 4. The van der Waals surface area contributed by atoms with E-state index in [-0.39, 0.29) is 5.97 Å². The van der Waals surface area contributed by atoms with E-state index >= 15 is 0 Å². The second-order valence-electron chi connectivity index (χ2n) is 8.10. The van der Waals surface area contributed by atoms with E-state index in [1.807, 2.05) is 25.1 Å². The first kappa shape index (κ1) is 18.5. The van der Waals surface area contributed by atoms with Crippen molar-refractivity contribution in [2.45, 2.75) is 57.2 Å². The SMILES string of the molecule is COC(=O)c1c(C)n(CCCC2(N(C)C3COC3)CCC2)c2ccccc12. The van der Waals surface area contributed by atoms with Crippen LogP contribution in [0.4, 0.5) is 0 Å². The van der Waals surface area contributed by atoms with Crippen LogP contribution < -0.4 is 0 Å². The Morgan fingerprint density at radius 2 is 2.07 bits per heavy atom. The highest BCUT2D eigenvalue weighted by molar-refractivity contribution is 6.05. The minimum Gasteiger partial charge on any atom is -0.465 e. The number of rotatable bonds is 7. The fourth-order valence-electron chi connectivity index (χ4n) is 4.84. The van der Waals surface area contributed by atoms with Crippen molar-refractivity contribution in [3.05, 3.63) is 35.5 Å². The molecule has 0 amide bonds. The maximum absolute atomic E-state index is 12.3. The Labute approximate surface area is 161 Å². The second kappa shape index (κ2) is 7.28.